The van der Waals surface area contributed by atoms with E-state index in [-0.39, 0.29) is 0 Å². The average molecular weight is 382 g/mol. The zero-order valence-electron chi connectivity index (χ0n) is 15.8. The van der Waals surface area contributed by atoms with Crippen LogP contribution in [0.5, 0.6) is 5.75 Å². The minimum atomic E-state index is 0.749. The lowest BCUT2D eigenvalue weighted by Crippen LogP contribution is -2.08. The molecule has 0 amide bonds. The first-order valence-electron chi connectivity index (χ1n) is 9.40. The predicted octanol–water partition coefficient (Wildman–Crippen LogP) is 5.18. The van der Waals surface area contributed by atoms with Crippen molar-refractivity contribution in [3.05, 3.63) is 69.9 Å². The number of methoxy groups -OCH3 is 1. The summed E-state index contributed by atoms with van der Waals surface area (Å²) >= 11 is 6.16. The van der Waals surface area contributed by atoms with E-state index in [4.69, 9.17) is 21.4 Å². The summed E-state index contributed by atoms with van der Waals surface area (Å²) in [7, 11) is 1.70. The lowest BCUT2D eigenvalue weighted by atomic mass is 10.0. The van der Waals surface area contributed by atoms with E-state index in [1.807, 2.05) is 30.3 Å². The molecule has 0 saturated heterocycles. The summed E-state index contributed by atoms with van der Waals surface area (Å²) in [5, 5.41) is 9.37. The van der Waals surface area contributed by atoms with E-state index in [9.17, 15) is 0 Å². The zero-order chi connectivity index (χ0) is 18.8. The van der Waals surface area contributed by atoms with Gasteiger partial charge in [-0.15, -0.1) is 0 Å². The Bertz CT molecular complexity index is 964. The molecule has 1 aliphatic heterocycles. The molecule has 1 N–H and O–H groups in total. The molecule has 0 radical (unpaired) electrons. The fourth-order valence-corrected chi connectivity index (χ4v) is 3.95. The van der Waals surface area contributed by atoms with Crippen LogP contribution in [0.25, 0.3) is 5.69 Å². The van der Waals surface area contributed by atoms with Gasteiger partial charge in [0.1, 0.15) is 11.6 Å². The Morgan fingerprint density at radius 2 is 2.07 bits per heavy atom. The van der Waals surface area contributed by atoms with E-state index in [1.165, 1.54) is 24.0 Å². The quantitative estimate of drug-likeness (QED) is 0.676. The third kappa shape index (κ3) is 3.67. The molecule has 0 fully saturated rings. The van der Waals surface area contributed by atoms with Crippen LogP contribution in [-0.4, -0.2) is 23.4 Å². The van der Waals surface area contributed by atoms with Gasteiger partial charge in [0.2, 0.25) is 0 Å². The van der Waals surface area contributed by atoms with Crippen LogP contribution in [0.3, 0.4) is 0 Å². The topological polar surface area (TPSA) is 39.1 Å². The Balaban J connectivity index is 1.79. The van der Waals surface area contributed by atoms with Crippen LogP contribution >= 0.6 is 11.6 Å². The number of fused-ring (bicyclic) bond motifs is 1. The SMILES string of the molecule is COc1cccc(Cc2nn(-c3ccc(Cl)cc3C)c3c2CCCCN3)c1. The highest BCUT2D eigenvalue weighted by molar-refractivity contribution is 6.30. The van der Waals surface area contributed by atoms with Crippen molar-refractivity contribution >= 4 is 17.4 Å². The fraction of sp³-hybridized carbons (Fsp3) is 0.318. The van der Waals surface area contributed by atoms with Crippen LogP contribution in [0, 0.1) is 6.92 Å². The Labute approximate surface area is 165 Å². The van der Waals surface area contributed by atoms with Crippen LogP contribution in [-0.2, 0) is 12.8 Å². The molecule has 0 saturated carbocycles. The van der Waals surface area contributed by atoms with E-state index < -0.39 is 0 Å². The van der Waals surface area contributed by atoms with E-state index >= 15 is 0 Å². The number of ether oxygens (including phenoxy) is 1. The second-order valence-corrected chi connectivity index (χ2v) is 7.47. The number of halogens is 1. The summed E-state index contributed by atoms with van der Waals surface area (Å²) < 4.78 is 7.43. The van der Waals surface area contributed by atoms with Crippen molar-refractivity contribution in [3.63, 3.8) is 0 Å². The smallest absolute Gasteiger partial charge is 0.133 e. The fourth-order valence-electron chi connectivity index (χ4n) is 3.72. The van der Waals surface area contributed by atoms with Gasteiger partial charge >= 0.3 is 0 Å². The van der Waals surface area contributed by atoms with Gasteiger partial charge in [-0.2, -0.15) is 5.10 Å². The summed E-state index contributed by atoms with van der Waals surface area (Å²) in [6.45, 7) is 3.05. The van der Waals surface area contributed by atoms with Gasteiger partial charge in [-0.25, -0.2) is 4.68 Å². The van der Waals surface area contributed by atoms with Crippen molar-refractivity contribution in [2.75, 3.05) is 19.0 Å². The summed E-state index contributed by atoms with van der Waals surface area (Å²) in [6.07, 6.45) is 4.19. The van der Waals surface area contributed by atoms with Gasteiger partial charge in [0.05, 0.1) is 18.5 Å². The molecule has 1 aromatic heterocycles. The monoisotopic (exact) mass is 381 g/mol. The summed E-state index contributed by atoms with van der Waals surface area (Å²) in [6, 6.07) is 14.2. The second kappa shape index (κ2) is 7.65. The molecule has 4 nitrogen and oxygen atoms in total. The number of aryl methyl sites for hydroxylation is 1. The molecule has 3 aromatic rings. The molecule has 4 rings (SSSR count). The van der Waals surface area contributed by atoms with E-state index in [1.54, 1.807) is 7.11 Å². The maximum atomic E-state index is 6.16. The molecular weight excluding hydrogens is 358 g/mol. The first-order valence-corrected chi connectivity index (χ1v) is 9.77. The maximum Gasteiger partial charge on any atom is 0.133 e. The number of anilines is 1. The van der Waals surface area contributed by atoms with Crippen molar-refractivity contribution in [3.8, 4) is 11.4 Å². The van der Waals surface area contributed by atoms with Crippen LogP contribution in [0.2, 0.25) is 5.02 Å². The average Bonchev–Trinajstić information content (AvgIpc) is 2.83. The van der Waals surface area contributed by atoms with Gasteiger partial charge in [0.15, 0.2) is 0 Å². The van der Waals surface area contributed by atoms with Crippen LogP contribution in [0.15, 0.2) is 42.5 Å². The third-order valence-corrected chi connectivity index (χ3v) is 5.34. The summed E-state index contributed by atoms with van der Waals surface area (Å²) in [5.74, 6) is 2.00. The molecule has 140 valence electrons. The maximum absolute atomic E-state index is 6.16. The number of rotatable bonds is 4. The Morgan fingerprint density at radius 3 is 2.89 bits per heavy atom. The lowest BCUT2D eigenvalue weighted by Gasteiger charge is -2.11. The van der Waals surface area contributed by atoms with Gasteiger partial charge in [-0.1, -0.05) is 23.7 Å². The van der Waals surface area contributed by atoms with Gasteiger partial charge in [0, 0.05) is 23.6 Å². The minimum absolute atomic E-state index is 0.749. The molecule has 0 unspecified atom stereocenters. The van der Waals surface area contributed by atoms with Gasteiger partial charge in [0.25, 0.3) is 0 Å². The highest BCUT2D eigenvalue weighted by atomic mass is 35.5. The number of benzene rings is 2. The number of nitrogens with zero attached hydrogens (tertiary/aromatic N) is 2. The highest BCUT2D eigenvalue weighted by Gasteiger charge is 2.21. The number of nitrogens with one attached hydrogen (secondary N) is 1. The minimum Gasteiger partial charge on any atom is -0.497 e. The van der Waals surface area contributed by atoms with Crippen LogP contribution in [0.4, 0.5) is 5.82 Å². The zero-order valence-corrected chi connectivity index (χ0v) is 16.5. The molecule has 2 heterocycles. The van der Waals surface area contributed by atoms with Crippen molar-refractivity contribution in [1.82, 2.24) is 9.78 Å². The lowest BCUT2D eigenvalue weighted by molar-refractivity contribution is 0.414. The van der Waals surface area contributed by atoms with Crippen molar-refractivity contribution in [2.45, 2.75) is 32.6 Å². The number of hydrogen-bond acceptors (Lipinski definition) is 3. The first-order chi connectivity index (χ1) is 13.2. The molecule has 1 aliphatic rings. The van der Waals surface area contributed by atoms with E-state index in [2.05, 4.69) is 29.1 Å². The van der Waals surface area contributed by atoms with Gasteiger partial charge in [-0.05, 0) is 67.6 Å². The molecule has 0 bridgehead atoms. The summed E-state index contributed by atoms with van der Waals surface area (Å²) in [5.41, 5.74) is 5.85. The van der Waals surface area contributed by atoms with Gasteiger partial charge < -0.3 is 10.1 Å². The van der Waals surface area contributed by atoms with Crippen LogP contribution in [0.1, 0.15) is 35.2 Å². The third-order valence-electron chi connectivity index (χ3n) is 5.11. The first kappa shape index (κ1) is 17.9. The van der Waals surface area contributed by atoms with Crippen LogP contribution < -0.4 is 10.1 Å². The molecule has 2 aromatic carbocycles. The Morgan fingerprint density at radius 1 is 1.19 bits per heavy atom. The standard InChI is InChI=1S/C22H24ClN3O/c1-15-12-17(23)9-10-21(15)26-22-19(8-3-4-11-24-22)20(25-26)14-16-6-5-7-18(13-16)27-2/h5-7,9-10,12-13,24H,3-4,8,11,14H2,1-2H3. The Hall–Kier alpha value is -2.46. The summed E-state index contributed by atoms with van der Waals surface area (Å²) in [4.78, 5) is 0. The van der Waals surface area contributed by atoms with E-state index in [0.717, 1.165) is 52.9 Å². The molecular formula is C22H24ClN3O. The Kier molecular flexibility index (Phi) is 5.08. The normalized spacial score (nSPS) is 13.6. The molecule has 0 aliphatic carbocycles. The van der Waals surface area contributed by atoms with Gasteiger partial charge in [-0.3, -0.25) is 0 Å². The molecule has 0 spiro atoms. The largest absolute Gasteiger partial charge is 0.497 e. The number of aromatic nitrogens is 2. The van der Waals surface area contributed by atoms with Crippen molar-refractivity contribution in [2.24, 2.45) is 0 Å². The number of hydrogen-bond donors (Lipinski definition) is 1. The molecule has 5 heteroatoms. The van der Waals surface area contributed by atoms with Crippen molar-refractivity contribution in [1.29, 1.82) is 0 Å². The highest BCUT2D eigenvalue weighted by Crippen LogP contribution is 2.31. The van der Waals surface area contributed by atoms with E-state index in [0.29, 0.717) is 0 Å². The molecule has 27 heavy (non-hydrogen) atoms. The molecule has 0 atom stereocenters. The van der Waals surface area contributed by atoms with Crippen molar-refractivity contribution < 1.29 is 4.74 Å². The predicted molar refractivity (Wildman–Crippen MR) is 111 cm³/mol. The second-order valence-electron chi connectivity index (χ2n) is 7.03.